The molecule has 1 unspecified atom stereocenters. The van der Waals surface area contributed by atoms with Crippen molar-refractivity contribution >= 4 is 41.5 Å². The van der Waals surface area contributed by atoms with Crippen molar-refractivity contribution in [2.24, 2.45) is 4.99 Å². The minimum atomic E-state index is 0. The number of aliphatic imine (C=N–C) groups is 1. The van der Waals surface area contributed by atoms with Crippen LogP contribution in [-0.4, -0.2) is 83.1 Å². The largest absolute Gasteiger partial charge is 0.490 e. The number of guanidine groups is 1. The average molecular weight is 576 g/mol. The number of anilines is 1. The molecule has 2 aliphatic rings. The molecule has 1 saturated heterocycles. The van der Waals surface area contributed by atoms with Gasteiger partial charge in [-0.25, -0.2) is 0 Å². The van der Waals surface area contributed by atoms with Crippen molar-refractivity contribution in [1.29, 1.82) is 0 Å². The number of carbonyl (C=O) groups excluding carboxylic acids is 1. The summed E-state index contributed by atoms with van der Waals surface area (Å²) in [4.78, 5) is 18.1. The molecule has 1 aromatic rings. The topological polar surface area (TPSA) is 93.7 Å². The highest BCUT2D eigenvalue weighted by molar-refractivity contribution is 14.0. The Balaban J connectivity index is 0.00000385. The molecule has 1 aromatic carbocycles. The fourth-order valence-electron chi connectivity index (χ4n) is 3.38. The van der Waals surface area contributed by atoms with E-state index in [0.29, 0.717) is 51.9 Å². The van der Waals surface area contributed by atoms with Crippen molar-refractivity contribution in [1.82, 2.24) is 10.2 Å². The van der Waals surface area contributed by atoms with Crippen LogP contribution in [0.15, 0.2) is 23.2 Å². The molecule has 0 spiro atoms. The Morgan fingerprint density at radius 2 is 2.00 bits per heavy atom. The fraction of sp³-hybridized carbons (Fsp3) is 0.652. The van der Waals surface area contributed by atoms with E-state index in [4.69, 9.17) is 18.9 Å². The molecule has 0 aliphatic carbocycles. The van der Waals surface area contributed by atoms with Crippen molar-refractivity contribution in [3.63, 3.8) is 0 Å². The summed E-state index contributed by atoms with van der Waals surface area (Å²) in [5.41, 5.74) is 0.842. The maximum absolute atomic E-state index is 11.9. The molecule has 0 radical (unpaired) electrons. The van der Waals surface area contributed by atoms with E-state index in [-0.39, 0.29) is 36.0 Å². The highest BCUT2D eigenvalue weighted by Crippen LogP contribution is 2.32. The van der Waals surface area contributed by atoms with Gasteiger partial charge in [0.25, 0.3) is 0 Å². The van der Waals surface area contributed by atoms with Gasteiger partial charge >= 0.3 is 0 Å². The van der Waals surface area contributed by atoms with Gasteiger partial charge in [-0.3, -0.25) is 9.79 Å². The number of benzene rings is 1. The summed E-state index contributed by atoms with van der Waals surface area (Å²) in [6.45, 7) is 4.51. The standard InChI is InChI=1S/C23H36N4O5.HI/c1-27(2)22(28)9-11-25-23(24-10-4-12-29-17-19-6-3-13-30-19)26-18-7-8-20-21(16-18)32-15-5-14-31-20;/h7-8,16,19H,3-6,9-15,17H2,1-2H3,(H2,24,25,26);1H. The Hall–Kier alpha value is -1.79. The predicted octanol–water partition coefficient (Wildman–Crippen LogP) is 2.89. The first kappa shape index (κ1) is 27.5. The van der Waals surface area contributed by atoms with E-state index in [0.717, 1.165) is 49.5 Å². The summed E-state index contributed by atoms with van der Waals surface area (Å²) in [5, 5.41) is 6.55. The molecule has 1 atom stereocenters. The van der Waals surface area contributed by atoms with E-state index in [1.807, 2.05) is 18.2 Å². The van der Waals surface area contributed by atoms with Gasteiger partial charge < -0.3 is 34.5 Å². The Morgan fingerprint density at radius 1 is 1.18 bits per heavy atom. The Labute approximate surface area is 213 Å². The minimum absolute atomic E-state index is 0. The molecule has 33 heavy (non-hydrogen) atoms. The average Bonchev–Trinajstić information content (AvgIpc) is 3.19. The quantitative estimate of drug-likeness (QED) is 0.192. The van der Waals surface area contributed by atoms with Crippen LogP contribution in [0.5, 0.6) is 11.5 Å². The van der Waals surface area contributed by atoms with E-state index in [9.17, 15) is 4.79 Å². The highest BCUT2D eigenvalue weighted by atomic mass is 127. The van der Waals surface area contributed by atoms with Crippen LogP contribution in [0.25, 0.3) is 0 Å². The lowest BCUT2D eigenvalue weighted by Gasteiger charge is -2.15. The molecular weight excluding hydrogens is 539 g/mol. The molecule has 0 saturated carbocycles. The number of carbonyl (C=O) groups is 1. The van der Waals surface area contributed by atoms with Crippen LogP contribution in [0.3, 0.4) is 0 Å². The molecule has 2 heterocycles. The second kappa shape index (κ2) is 15.2. The lowest BCUT2D eigenvalue weighted by molar-refractivity contribution is -0.128. The fourth-order valence-corrected chi connectivity index (χ4v) is 3.38. The molecule has 0 bridgehead atoms. The van der Waals surface area contributed by atoms with Gasteiger partial charge in [0.15, 0.2) is 17.5 Å². The van der Waals surface area contributed by atoms with Crippen molar-refractivity contribution in [3.05, 3.63) is 18.2 Å². The minimum Gasteiger partial charge on any atom is -0.490 e. The van der Waals surface area contributed by atoms with Crippen LogP contribution < -0.4 is 20.1 Å². The third kappa shape index (κ3) is 9.93. The van der Waals surface area contributed by atoms with Crippen LogP contribution in [0.4, 0.5) is 5.69 Å². The van der Waals surface area contributed by atoms with Gasteiger partial charge in [0, 0.05) is 65.0 Å². The number of halogens is 1. The smallest absolute Gasteiger partial charge is 0.223 e. The van der Waals surface area contributed by atoms with Crippen molar-refractivity contribution in [2.45, 2.75) is 38.2 Å². The van der Waals surface area contributed by atoms with E-state index in [1.165, 1.54) is 0 Å². The summed E-state index contributed by atoms with van der Waals surface area (Å²) in [6.07, 6.45) is 4.50. The second-order valence-corrected chi connectivity index (χ2v) is 8.10. The van der Waals surface area contributed by atoms with Gasteiger partial charge in [-0.1, -0.05) is 0 Å². The lowest BCUT2D eigenvalue weighted by Crippen LogP contribution is -2.34. The van der Waals surface area contributed by atoms with Gasteiger partial charge in [-0.2, -0.15) is 0 Å². The number of nitrogens with one attached hydrogen (secondary N) is 2. The SMILES string of the molecule is CN(C)C(=O)CCNC(=NCCCOCC1CCCO1)Nc1ccc2c(c1)OCCCO2.I. The maximum Gasteiger partial charge on any atom is 0.223 e. The van der Waals surface area contributed by atoms with Crippen LogP contribution in [0.1, 0.15) is 32.1 Å². The maximum atomic E-state index is 11.9. The summed E-state index contributed by atoms with van der Waals surface area (Å²) < 4.78 is 22.8. The Bertz CT molecular complexity index is 756. The summed E-state index contributed by atoms with van der Waals surface area (Å²) in [5.74, 6) is 2.15. The molecule has 2 N–H and O–H groups in total. The van der Waals surface area contributed by atoms with Gasteiger partial charge in [0.2, 0.25) is 5.91 Å². The Morgan fingerprint density at radius 3 is 2.76 bits per heavy atom. The van der Waals surface area contributed by atoms with Crippen molar-refractivity contribution in [3.8, 4) is 11.5 Å². The zero-order chi connectivity index (χ0) is 22.6. The molecular formula is C23H37IN4O5. The van der Waals surface area contributed by atoms with Gasteiger partial charge in [-0.15, -0.1) is 24.0 Å². The zero-order valence-corrected chi connectivity index (χ0v) is 22.0. The number of amides is 1. The van der Waals surface area contributed by atoms with Crippen molar-refractivity contribution in [2.75, 3.05) is 65.5 Å². The first-order valence-corrected chi connectivity index (χ1v) is 11.5. The summed E-state index contributed by atoms with van der Waals surface area (Å²) in [7, 11) is 3.51. The normalized spacial score (nSPS) is 17.6. The number of hydrogen-bond donors (Lipinski definition) is 2. The lowest BCUT2D eigenvalue weighted by atomic mass is 10.2. The number of nitrogens with zero attached hydrogens (tertiary/aromatic N) is 2. The molecule has 1 amide bonds. The van der Waals surface area contributed by atoms with Crippen LogP contribution >= 0.6 is 24.0 Å². The zero-order valence-electron chi connectivity index (χ0n) is 19.6. The third-order valence-electron chi connectivity index (χ3n) is 5.18. The molecule has 1 fully saturated rings. The summed E-state index contributed by atoms with van der Waals surface area (Å²) >= 11 is 0. The molecule has 9 nitrogen and oxygen atoms in total. The number of ether oxygens (including phenoxy) is 4. The molecule has 186 valence electrons. The van der Waals surface area contributed by atoms with E-state index < -0.39 is 0 Å². The van der Waals surface area contributed by atoms with Crippen LogP contribution in [-0.2, 0) is 14.3 Å². The molecule has 3 rings (SSSR count). The Kier molecular flexibility index (Phi) is 12.6. The van der Waals surface area contributed by atoms with E-state index in [1.54, 1.807) is 19.0 Å². The number of hydrogen-bond acceptors (Lipinski definition) is 6. The monoisotopic (exact) mass is 576 g/mol. The number of rotatable bonds is 10. The van der Waals surface area contributed by atoms with Crippen LogP contribution in [0.2, 0.25) is 0 Å². The summed E-state index contributed by atoms with van der Waals surface area (Å²) in [6, 6.07) is 5.74. The van der Waals surface area contributed by atoms with E-state index in [2.05, 4.69) is 15.6 Å². The highest BCUT2D eigenvalue weighted by Gasteiger charge is 2.15. The first-order valence-electron chi connectivity index (χ1n) is 11.5. The first-order chi connectivity index (χ1) is 15.6. The van der Waals surface area contributed by atoms with Gasteiger partial charge in [-0.05, 0) is 31.4 Å². The molecule has 0 aromatic heterocycles. The second-order valence-electron chi connectivity index (χ2n) is 8.10. The third-order valence-corrected chi connectivity index (χ3v) is 5.18. The van der Waals surface area contributed by atoms with Gasteiger partial charge in [0.05, 0.1) is 25.9 Å². The predicted molar refractivity (Wildman–Crippen MR) is 139 cm³/mol. The molecule has 2 aliphatic heterocycles. The molecule has 10 heteroatoms. The number of fused-ring (bicyclic) bond motifs is 1. The van der Waals surface area contributed by atoms with E-state index >= 15 is 0 Å². The van der Waals surface area contributed by atoms with Crippen LogP contribution in [0, 0.1) is 0 Å². The van der Waals surface area contributed by atoms with Gasteiger partial charge in [0.1, 0.15) is 0 Å². The van der Waals surface area contributed by atoms with Crippen molar-refractivity contribution < 1.29 is 23.7 Å².